The predicted octanol–water partition coefficient (Wildman–Crippen LogP) is 5.73. The van der Waals surface area contributed by atoms with Crippen LogP contribution in [0.2, 0.25) is 5.02 Å². The Hall–Kier alpha value is -2.41. The van der Waals surface area contributed by atoms with E-state index in [0.717, 1.165) is 12.3 Å². The minimum absolute atomic E-state index is 0.228. The normalized spacial score (nSPS) is 12.4. The van der Waals surface area contributed by atoms with Crippen LogP contribution in [0.1, 0.15) is 11.3 Å². The second kappa shape index (κ2) is 5.66. The maximum atomic E-state index is 12.9. The van der Waals surface area contributed by atoms with Gasteiger partial charge in [-0.15, -0.1) is 10.2 Å². The van der Waals surface area contributed by atoms with E-state index >= 15 is 0 Å². The van der Waals surface area contributed by atoms with Crippen molar-refractivity contribution in [1.29, 1.82) is 0 Å². The van der Waals surface area contributed by atoms with E-state index in [-0.39, 0.29) is 5.82 Å². The van der Waals surface area contributed by atoms with Gasteiger partial charge < -0.3 is 0 Å². The van der Waals surface area contributed by atoms with Crippen LogP contribution in [0.5, 0.6) is 0 Å². The number of nitrogens with zero attached hydrogens (tertiary/aromatic N) is 4. The van der Waals surface area contributed by atoms with Gasteiger partial charge in [0.15, 0.2) is 5.82 Å². The number of fused-ring (bicyclic) bond motifs is 1. The van der Waals surface area contributed by atoms with Crippen LogP contribution < -0.4 is 0 Å². The Balaban J connectivity index is 2.10. The van der Waals surface area contributed by atoms with Gasteiger partial charge in [-0.3, -0.25) is 4.40 Å². The Morgan fingerprint density at radius 1 is 1.09 bits per heavy atom. The van der Waals surface area contributed by atoms with Crippen molar-refractivity contribution < 1.29 is 13.2 Å². The lowest BCUT2D eigenvalue weighted by atomic mass is 10.3. The number of hydrogen-bond donors (Lipinski definition) is 0. The van der Waals surface area contributed by atoms with Gasteiger partial charge in [0.25, 0.3) is 0 Å². The zero-order valence-corrected chi connectivity index (χ0v) is 12.6. The molecule has 0 unspecified atom stereocenters. The lowest BCUT2D eigenvalue weighted by Gasteiger charge is -2.06. The van der Waals surface area contributed by atoms with Gasteiger partial charge in [-0.25, -0.2) is 4.98 Å². The molecule has 0 radical (unpaired) electrons. The molecule has 0 atom stereocenters. The summed E-state index contributed by atoms with van der Waals surface area (Å²) < 4.78 is 39.8. The van der Waals surface area contributed by atoms with Crippen molar-refractivity contribution in [3.05, 3.63) is 58.9 Å². The number of halogens is 4. The van der Waals surface area contributed by atoms with Gasteiger partial charge in [0.2, 0.25) is 0 Å². The molecular weight excluding hydrogens is 329 g/mol. The Bertz CT molecular complexity index is 899. The van der Waals surface area contributed by atoms with E-state index in [0.29, 0.717) is 22.1 Å². The van der Waals surface area contributed by atoms with Gasteiger partial charge in [-0.1, -0.05) is 23.7 Å². The van der Waals surface area contributed by atoms with Crippen molar-refractivity contribution in [2.24, 2.45) is 10.2 Å². The van der Waals surface area contributed by atoms with Crippen molar-refractivity contribution in [3.8, 4) is 0 Å². The second-order valence-corrected chi connectivity index (χ2v) is 5.22. The highest BCUT2D eigenvalue weighted by Gasteiger charge is 2.31. The highest BCUT2D eigenvalue weighted by molar-refractivity contribution is 6.32. The average Bonchev–Trinajstić information content (AvgIpc) is 2.80. The van der Waals surface area contributed by atoms with Crippen LogP contribution >= 0.6 is 11.6 Å². The molecule has 23 heavy (non-hydrogen) atoms. The molecule has 0 aliphatic heterocycles. The molecule has 3 aromatic rings. The zero-order valence-electron chi connectivity index (χ0n) is 11.8. The van der Waals surface area contributed by atoms with E-state index in [9.17, 15) is 13.2 Å². The van der Waals surface area contributed by atoms with Crippen LogP contribution in [0.3, 0.4) is 0 Å². The molecule has 0 amide bonds. The molecule has 4 nitrogen and oxygen atoms in total. The molecule has 0 aliphatic rings. The molecular formula is C15H10ClF3N4. The van der Waals surface area contributed by atoms with Crippen LogP contribution in [0.25, 0.3) is 5.65 Å². The van der Waals surface area contributed by atoms with Gasteiger partial charge in [0.05, 0.1) is 16.3 Å². The number of benzene rings is 1. The molecule has 0 saturated heterocycles. The van der Waals surface area contributed by atoms with Crippen molar-refractivity contribution >= 4 is 28.8 Å². The Kier molecular flexibility index (Phi) is 3.81. The first kappa shape index (κ1) is 15.5. The number of aryl methyl sites for hydroxylation is 1. The smallest absolute Gasteiger partial charge is 0.282 e. The summed E-state index contributed by atoms with van der Waals surface area (Å²) in [6.45, 7) is 1.65. The van der Waals surface area contributed by atoms with Gasteiger partial charge in [-0.2, -0.15) is 13.2 Å². The zero-order chi connectivity index (χ0) is 16.6. The molecule has 2 aromatic heterocycles. The van der Waals surface area contributed by atoms with Crippen LogP contribution in [0, 0.1) is 6.92 Å². The number of alkyl halides is 3. The summed E-state index contributed by atoms with van der Waals surface area (Å²) in [6, 6.07) is 9.07. The first-order valence-corrected chi connectivity index (χ1v) is 6.96. The van der Waals surface area contributed by atoms with Crippen LogP contribution in [-0.2, 0) is 6.18 Å². The fourth-order valence-corrected chi connectivity index (χ4v) is 2.25. The highest BCUT2D eigenvalue weighted by atomic mass is 35.5. The van der Waals surface area contributed by atoms with Gasteiger partial charge in [-0.05, 0) is 31.2 Å². The van der Waals surface area contributed by atoms with E-state index in [4.69, 9.17) is 11.6 Å². The van der Waals surface area contributed by atoms with Crippen molar-refractivity contribution in [2.45, 2.75) is 13.1 Å². The third-order valence-corrected chi connectivity index (χ3v) is 3.51. The Labute approximate surface area is 134 Å². The summed E-state index contributed by atoms with van der Waals surface area (Å²) in [7, 11) is 0. The number of azo groups is 1. The molecule has 0 fully saturated rings. The Morgan fingerprint density at radius 3 is 2.52 bits per heavy atom. The molecule has 8 heteroatoms. The van der Waals surface area contributed by atoms with E-state index in [2.05, 4.69) is 15.2 Å². The number of pyridine rings is 1. The molecule has 0 spiro atoms. The van der Waals surface area contributed by atoms with Crippen LogP contribution in [0.15, 0.2) is 52.8 Å². The highest BCUT2D eigenvalue weighted by Crippen LogP contribution is 2.32. The fraction of sp³-hybridized carbons (Fsp3) is 0.133. The number of imidazole rings is 1. The summed E-state index contributed by atoms with van der Waals surface area (Å²) in [6.07, 6.45) is -3.49. The maximum absolute atomic E-state index is 12.9. The molecule has 2 heterocycles. The summed E-state index contributed by atoms with van der Waals surface area (Å²) in [5.41, 5.74) is 0.482. The molecule has 0 bridgehead atoms. The lowest BCUT2D eigenvalue weighted by molar-refractivity contribution is -0.137. The van der Waals surface area contributed by atoms with Gasteiger partial charge >= 0.3 is 6.18 Å². The van der Waals surface area contributed by atoms with E-state index < -0.39 is 11.7 Å². The summed E-state index contributed by atoms with van der Waals surface area (Å²) in [5.74, 6) is 0.228. The van der Waals surface area contributed by atoms with Crippen molar-refractivity contribution in [2.75, 3.05) is 0 Å². The topological polar surface area (TPSA) is 42.0 Å². The second-order valence-electron chi connectivity index (χ2n) is 4.82. The molecule has 0 N–H and O–H groups in total. The molecule has 1 aromatic carbocycles. The molecule has 3 rings (SSSR count). The minimum Gasteiger partial charge on any atom is -0.282 e. The number of rotatable bonds is 2. The van der Waals surface area contributed by atoms with E-state index in [1.807, 2.05) is 0 Å². The number of aromatic nitrogens is 2. The van der Waals surface area contributed by atoms with E-state index in [1.54, 1.807) is 31.2 Å². The van der Waals surface area contributed by atoms with Gasteiger partial charge in [0.1, 0.15) is 11.3 Å². The third kappa shape index (κ3) is 3.05. The van der Waals surface area contributed by atoms with Crippen molar-refractivity contribution in [1.82, 2.24) is 9.38 Å². The Morgan fingerprint density at radius 2 is 1.83 bits per heavy atom. The largest absolute Gasteiger partial charge is 0.417 e. The van der Waals surface area contributed by atoms with E-state index in [1.165, 1.54) is 10.5 Å². The molecule has 0 saturated carbocycles. The quantitative estimate of drug-likeness (QED) is 0.550. The standard InChI is InChI=1S/C15H10ClF3N4/c1-9-14(22-21-12-5-3-2-4-11(12)16)23-8-10(15(17,18)19)6-7-13(23)20-9/h2-8H,1H3. The average molecular weight is 339 g/mol. The fourth-order valence-electron chi connectivity index (χ4n) is 2.07. The summed E-state index contributed by atoms with van der Waals surface area (Å²) in [4.78, 5) is 4.18. The first-order chi connectivity index (χ1) is 10.9. The van der Waals surface area contributed by atoms with Crippen LogP contribution in [-0.4, -0.2) is 9.38 Å². The first-order valence-electron chi connectivity index (χ1n) is 6.58. The monoisotopic (exact) mass is 338 g/mol. The van der Waals surface area contributed by atoms with Gasteiger partial charge in [0, 0.05) is 6.20 Å². The third-order valence-electron chi connectivity index (χ3n) is 3.19. The minimum atomic E-state index is -4.44. The maximum Gasteiger partial charge on any atom is 0.417 e. The molecule has 118 valence electrons. The predicted molar refractivity (Wildman–Crippen MR) is 80.6 cm³/mol. The van der Waals surface area contributed by atoms with Crippen LogP contribution in [0.4, 0.5) is 24.7 Å². The summed E-state index contributed by atoms with van der Waals surface area (Å²) in [5, 5.41) is 8.43. The number of hydrogen-bond acceptors (Lipinski definition) is 3. The lowest BCUT2D eigenvalue weighted by Crippen LogP contribution is -2.06. The summed E-state index contributed by atoms with van der Waals surface area (Å²) >= 11 is 5.98. The van der Waals surface area contributed by atoms with Crippen molar-refractivity contribution in [3.63, 3.8) is 0 Å². The molecule has 0 aliphatic carbocycles. The SMILES string of the molecule is Cc1nc2ccc(C(F)(F)F)cn2c1N=Nc1ccccc1Cl.